The van der Waals surface area contributed by atoms with Crippen molar-refractivity contribution in [3.05, 3.63) is 0 Å². The van der Waals surface area contributed by atoms with Gasteiger partial charge >= 0.3 is 0 Å². The highest BCUT2D eigenvalue weighted by molar-refractivity contribution is 5.71. The number of nitrogens with two attached hydrogens (primary N) is 2. The lowest BCUT2D eigenvalue weighted by Crippen LogP contribution is -2.20. The SMILES string of the molecule is N=C(N)N.[N]. The van der Waals surface area contributed by atoms with Gasteiger partial charge in [0.2, 0.25) is 0 Å². The summed E-state index contributed by atoms with van der Waals surface area (Å²) in [6.07, 6.45) is 0. The van der Waals surface area contributed by atoms with E-state index in [0.29, 0.717) is 0 Å². The van der Waals surface area contributed by atoms with E-state index < -0.39 is 0 Å². The molecule has 0 aromatic carbocycles. The maximum absolute atomic E-state index is 6.06. The highest BCUT2D eigenvalue weighted by Gasteiger charge is 1.52. The van der Waals surface area contributed by atoms with E-state index in [4.69, 9.17) is 5.41 Å². The first-order valence-corrected chi connectivity index (χ1v) is 0.827. The average Bonchev–Trinajstić information content (AvgIpc) is 0.811. The van der Waals surface area contributed by atoms with Gasteiger partial charge in [0.25, 0.3) is 0 Å². The molecule has 3 radical (unpaired) electrons. The Morgan fingerprint density at radius 2 is 1.40 bits per heavy atom. The van der Waals surface area contributed by atoms with Crippen LogP contribution in [-0.4, -0.2) is 5.96 Å². The molecule has 0 aromatic rings. The molecular formula is CH5N4. The largest absolute Gasteiger partial charge is 0.370 e. The maximum Gasteiger partial charge on any atom is 0.183 e. The van der Waals surface area contributed by atoms with Crippen molar-refractivity contribution in [2.45, 2.75) is 0 Å². The lowest BCUT2D eigenvalue weighted by atomic mass is 11.1. The number of hydrogen-bond donors (Lipinski definition) is 3. The minimum Gasteiger partial charge on any atom is -0.370 e. The average molecular weight is 73.1 g/mol. The molecule has 0 saturated carbocycles. The quantitative estimate of drug-likeness (QED) is 0.236. The van der Waals surface area contributed by atoms with Crippen LogP contribution < -0.4 is 17.6 Å². The predicted octanol–water partition coefficient (Wildman–Crippen LogP) is -1.64. The summed E-state index contributed by atoms with van der Waals surface area (Å²) in [6, 6.07) is 0. The number of nitrogens with zero attached hydrogens (tertiary/aromatic N) is 1. The van der Waals surface area contributed by atoms with Gasteiger partial charge in [-0.3, -0.25) is 5.41 Å². The van der Waals surface area contributed by atoms with Crippen molar-refractivity contribution in [2.24, 2.45) is 11.5 Å². The standard InChI is InChI=1S/CH5N3.N/c2-1(3)4;/h(H5,2,3,4);. The molecule has 0 amide bonds. The molecule has 0 heterocycles. The van der Waals surface area contributed by atoms with Crippen molar-refractivity contribution in [3.8, 4) is 0 Å². The van der Waals surface area contributed by atoms with Gasteiger partial charge in [-0.05, 0) is 0 Å². The molecule has 0 unspecified atom stereocenters. The van der Waals surface area contributed by atoms with E-state index in [1.165, 1.54) is 0 Å². The molecule has 0 fully saturated rings. The molecule has 5 heavy (non-hydrogen) atoms. The zero-order valence-corrected chi connectivity index (χ0v) is 2.60. The molecule has 0 aromatic heterocycles. The Kier molecular flexibility index (Phi) is 5.73. The van der Waals surface area contributed by atoms with E-state index >= 15 is 0 Å². The monoisotopic (exact) mass is 73.1 g/mol. The fourth-order valence-electron chi connectivity index (χ4n) is 0. The van der Waals surface area contributed by atoms with Crippen LogP contribution in [-0.2, 0) is 0 Å². The van der Waals surface area contributed by atoms with E-state index in [-0.39, 0.29) is 12.1 Å². The van der Waals surface area contributed by atoms with Gasteiger partial charge < -0.3 is 11.5 Å². The first-order valence-electron chi connectivity index (χ1n) is 0.827. The van der Waals surface area contributed by atoms with Crippen molar-refractivity contribution < 1.29 is 0 Å². The zero-order valence-electron chi connectivity index (χ0n) is 2.60. The number of hydrogen-bond acceptors (Lipinski definition) is 1. The molecule has 0 aliphatic heterocycles. The van der Waals surface area contributed by atoms with Gasteiger partial charge in [-0.25, -0.2) is 0 Å². The Morgan fingerprint density at radius 3 is 1.40 bits per heavy atom. The van der Waals surface area contributed by atoms with Crippen LogP contribution >= 0.6 is 0 Å². The minimum atomic E-state index is -0.333. The second-order valence-corrected chi connectivity index (χ2v) is 0.455. The summed E-state index contributed by atoms with van der Waals surface area (Å²) in [5, 5.41) is 6.06. The number of guanidine groups is 1. The van der Waals surface area contributed by atoms with Crippen LogP contribution in [0.1, 0.15) is 0 Å². The van der Waals surface area contributed by atoms with Gasteiger partial charge in [-0.1, -0.05) is 0 Å². The first kappa shape index (κ1) is 8.87. The van der Waals surface area contributed by atoms with Gasteiger partial charge in [-0.15, -0.1) is 0 Å². The van der Waals surface area contributed by atoms with Crippen LogP contribution in [0.15, 0.2) is 0 Å². The second-order valence-electron chi connectivity index (χ2n) is 0.455. The maximum atomic E-state index is 6.06. The van der Waals surface area contributed by atoms with Crippen LogP contribution in [0.3, 0.4) is 0 Å². The van der Waals surface area contributed by atoms with Crippen LogP contribution in [0, 0.1) is 5.41 Å². The predicted molar refractivity (Wildman–Crippen MR) is 18.2 cm³/mol. The van der Waals surface area contributed by atoms with Gasteiger partial charge in [0.05, 0.1) is 0 Å². The highest BCUT2D eigenvalue weighted by atomic mass is 14.9. The molecule has 0 aliphatic rings. The Morgan fingerprint density at radius 1 is 1.40 bits per heavy atom. The van der Waals surface area contributed by atoms with Crippen molar-refractivity contribution in [1.82, 2.24) is 6.15 Å². The Hall–Kier alpha value is -0.770. The van der Waals surface area contributed by atoms with Crippen molar-refractivity contribution >= 4 is 5.96 Å². The summed E-state index contributed by atoms with van der Waals surface area (Å²) < 4.78 is 0. The molecule has 5 N–H and O–H groups in total. The topological polar surface area (TPSA) is 106 Å². The summed E-state index contributed by atoms with van der Waals surface area (Å²) in [4.78, 5) is 0. The van der Waals surface area contributed by atoms with Crippen molar-refractivity contribution in [2.75, 3.05) is 0 Å². The third-order valence-electron chi connectivity index (χ3n) is 0. The van der Waals surface area contributed by atoms with Crippen LogP contribution in [0.4, 0.5) is 0 Å². The molecule has 4 heteroatoms. The summed E-state index contributed by atoms with van der Waals surface area (Å²) in [6.45, 7) is 0. The second kappa shape index (κ2) is 3.23. The van der Waals surface area contributed by atoms with Gasteiger partial charge in [0, 0.05) is 6.15 Å². The Bertz CT molecular complexity index is 26.6. The lowest BCUT2D eigenvalue weighted by Gasteiger charge is -1.69. The molecule has 0 spiro atoms. The van der Waals surface area contributed by atoms with E-state index in [1.54, 1.807) is 0 Å². The summed E-state index contributed by atoms with van der Waals surface area (Å²) in [5.74, 6) is -0.333. The molecule has 0 aliphatic carbocycles. The van der Waals surface area contributed by atoms with Gasteiger partial charge in [-0.2, -0.15) is 0 Å². The minimum absolute atomic E-state index is 0. The van der Waals surface area contributed by atoms with Crippen molar-refractivity contribution in [1.29, 1.82) is 5.41 Å². The number of nitrogens with one attached hydrogen (secondary N) is 1. The molecule has 4 nitrogen and oxygen atoms in total. The summed E-state index contributed by atoms with van der Waals surface area (Å²) >= 11 is 0. The Balaban J connectivity index is 0. The lowest BCUT2D eigenvalue weighted by molar-refractivity contribution is 1.39. The van der Waals surface area contributed by atoms with Gasteiger partial charge in [0.15, 0.2) is 5.96 Å². The van der Waals surface area contributed by atoms with E-state index in [1.807, 2.05) is 0 Å². The van der Waals surface area contributed by atoms with E-state index in [2.05, 4.69) is 11.5 Å². The third kappa shape index (κ3) is 8.24. The smallest absolute Gasteiger partial charge is 0.183 e. The van der Waals surface area contributed by atoms with E-state index in [9.17, 15) is 0 Å². The first-order chi connectivity index (χ1) is 1.73. The molecule has 29 valence electrons. The Labute approximate surface area is 30.2 Å². The molecule has 0 atom stereocenters. The van der Waals surface area contributed by atoms with Crippen LogP contribution in [0.5, 0.6) is 0 Å². The zero-order chi connectivity index (χ0) is 3.58. The third-order valence-corrected chi connectivity index (χ3v) is 0. The molecule has 0 saturated heterocycles. The van der Waals surface area contributed by atoms with Gasteiger partial charge in [0.1, 0.15) is 0 Å². The van der Waals surface area contributed by atoms with Crippen molar-refractivity contribution in [3.63, 3.8) is 0 Å². The fraction of sp³-hybridized carbons (Fsp3) is 0. The molecular weight excluding hydrogens is 68.0 g/mol. The van der Waals surface area contributed by atoms with Crippen LogP contribution in [0.25, 0.3) is 0 Å². The van der Waals surface area contributed by atoms with E-state index in [0.717, 1.165) is 0 Å². The summed E-state index contributed by atoms with van der Waals surface area (Å²) in [7, 11) is 0. The van der Waals surface area contributed by atoms with Crippen LogP contribution in [0.2, 0.25) is 0 Å². The number of rotatable bonds is 0. The molecule has 0 bridgehead atoms. The molecule has 0 rings (SSSR count). The fourth-order valence-corrected chi connectivity index (χ4v) is 0. The summed E-state index contributed by atoms with van der Waals surface area (Å²) in [5.41, 5.74) is 8.94. The normalized spacial score (nSPS) is 4.80. The highest BCUT2D eigenvalue weighted by Crippen LogP contribution is 1.13.